The first-order valence-corrected chi connectivity index (χ1v) is 7.90. The van der Waals surface area contributed by atoms with Crippen molar-refractivity contribution in [3.63, 3.8) is 0 Å². The van der Waals surface area contributed by atoms with Crippen molar-refractivity contribution < 1.29 is 9.47 Å². The average Bonchev–Trinajstić information content (AvgIpc) is 2.46. The lowest BCUT2D eigenvalue weighted by Crippen LogP contribution is -2.48. The third kappa shape index (κ3) is 4.19. The monoisotopic (exact) mass is 292 g/mol. The minimum atomic E-state index is 0.146. The minimum absolute atomic E-state index is 0.146. The van der Waals surface area contributed by atoms with Crippen molar-refractivity contribution in [1.82, 2.24) is 10.2 Å². The van der Waals surface area contributed by atoms with E-state index in [9.17, 15) is 0 Å². The van der Waals surface area contributed by atoms with Crippen LogP contribution in [-0.4, -0.2) is 50.4 Å². The van der Waals surface area contributed by atoms with Crippen molar-refractivity contribution in [2.45, 2.75) is 39.0 Å². The lowest BCUT2D eigenvalue weighted by molar-refractivity contribution is -0.0626. The Balaban J connectivity index is 2.23. The maximum Gasteiger partial charge on any atom is 0.124 e. The predicted octanol–water partition coefficient (Wildman–Crippen LogP) is 2.46. The quantitative estimate of drug-likeness (QED) is 0.873. The fraction of sp³-hybridized carbons (Fsp3) is 0.647. The predicted molar refractivity (Wildman–Crippen MR) is 85.9 cm³/mol. The summed E-state index contributed by atoms with van der Waals surface area (Å²) in [5.74, 6) is 0.969. The van der Waals surface area contributed by atoms with E-state index in [0.717, 1.165) is 25.4 Å². The molecule has 1 heterocycles. The van der Waals surface area contributed by atoms with Crippen LogP contribution in [0.4, 0.5) is 0 Å². The Morgan fingerprint density at radius 3 is 2.86 bits per heavy atom. The number of likely N-dealkylation sites (N-methyl/N-ethyl adjacent to an activating group) is 1. The molecule has 1 fully saturated rings. The Kier molecular flexibility index (Phi) is 6.03. The van der Waals surface area contributed by atoms with Crippen LogP contribution in [0.15, 0.2) is 24.3 Å². The summed E-state index contributed by atoms with van der Waals surface area (Å²) in [6.45, 7) is 9.62. The van der Waals surface area contributed by atoms with Crippen molar-refractivity contribution >= 4 is 0 Å². The van der Waals surface area contributed by atoms with E-state index in [1.54, 1.807) is 0 Å². The average molecular weight is 292 g/mol. The molecular formula is C17H28N2O2. The Bertz CT molecular complexity index is 437. The molecule has 4 heteroatoms. The first-order chi connectivity index (χ1) is 10.1. The number of morpholine rings is 1. The summed E-state index contributed by atoms with van der Waals surface area (Å²) in [6.07, 6.45) is 0.146. The SMILES string of the molecule is CCOc1ccccc1C1C(CNC(C)C)OCCN1C. The van der Waals surface area contributed by atoms with Crippen molar-refractivity contribution in [3.8, 4) is 5.75 Å². The van der Waals surface area contributed by atoms with Crippen LogP contribution in [0.2, 0.25) is 0 Å². The number of rotatable bonds is 6. The summed E-state index contributed by atoms with van der Waals surface area (Å²) < 4.78 is 11.8. The van der Waals surface area contributed by atoms with E-state index in [0.29, 0.717) is 12.6 Å². The van der Waals surface area contributed by atoms with Gasteiger partial charge in [0.1, 0.15) is 5.75 Å². The standard InChI is InChI=1S/C17H28N2O2/c1-5-20-15-9-7-6-8-14(15)17-16(12-18-13(2)3)21-11-10-19(17)4/h6-9,13,16-18H,5,10-12H2,1-4H3. The molecule has 0 bridgehead atoms. The maximum atomic E-state index is 6.04. The first kappa shape index (κ1) is 16.3. The van der Waals surface area contributed by atoms with Crippen LogP contribution >= 0.6 is 0 Å². The molecule has 2 atom stereocenters. The van der Waals surface area contributed by atoms with Gasteiger partial charge in [-0.2, -0.15) is 0 Å². The summed E-state index contributed by atoms with van der Waals surface area (Å²) in [4.78, 5) is 2.37. The fourth-order valence-electron chi connectivity index (χ4n) is 2.83. The van der Waals surface area contributed by atoms with Gasteiger partial charge in [0.15, 0.2) is 0 Å². The van der Waals surface area contributed by atoms with E-state index in [1.807, 2.05) is 19.1 Å². The van der Waals surface area contributed by atoms with Crippen molar-refractivity contribution in [2.75, 3.05) is 33.4 Å². The zero-order valence-corrected chi connectivity index (χ0v) is 13.6. The zero-order chi connectivity index (χ0) is 15.2. The number of nitrogens with zero attached hydrogens (tertiary/aromatic N) is 1. The van der Waals surface area contributed by atoms with Crippen molar-refractivity contribution in [3.05, 3.63) is 29.8 Å². The molecule has 0 radical (unpaired) electrons. The normalized spacial score (nSPS) is 23.5. The van der Waals surface area contributed by atoms with E-state index in [2.05, 4.69) is 43.2 Å². The van der Waals surface area contributed by atoms with Gasteiger partial charge >= 0.3 is 0 Å². The Hall–Kier alpha value is -1.10. The van der Waals surface area contributed by atoms with Crippen molar-refractivity contribution in [2.24, 2.45) is 0 Å². The summed E-state index contributed by atoms with van der Waals surface area (Å²) in [6, 6.07) is 9.00. The van der Waals surface area contributed by atoms with Crippen LogP contribution in [0.3, 0.4) is 0 Å². The second-order valence-electron chi connectivity index (χ2n) is 5.87. The number of nitrogens with one attached hydrogen (secondary N) is 1. The number of hydrogen-bond acceptors (Lipinski definition) is 4. The van der Waals surface area contributed by atoms with Crippen LogP contribution in [-0.2, 0) is 4.74 Å². The largest absolute Gasteiger partial charge is 0.494 e. The molecule has 0 aliphatic carbocycles. The molecule has 0 spiro atoms. The second-order valence-corrected chi connectivity index (χ2v) is 5.87. The molecule has 2 rings (SSSR count). The van der Waals surface area contributed by atoms with E-state index >= 15 is 0 Å². The highest BCUT2D eigenvalue weighted by Gasteiger charge is 2.33. The molecule has 2 unspecified atom stereocenters. The number of hydrogen-bond donors (Lipinski definition) is 1. The Morgan fingerprint density at radius 2 is 2.14 bits per heavy atom. The van der Waals surface area contributed by atoms with Gasteiger partial charge in [0.25, 0.3) is 0 Å². The molecule has 1 N–H and O–H groups in total. The van der Waals surface area contributed by atoms with Gasteiger partial charge in [-0.15, -0.1) is 0 Å². The molecule has 0 saturated carbocycles. The van der Waals surface area contributed by atoms with Gasteiger partial charge in [-0.3, -0.25) is 4.90 Å². The summed E-state index contributed by atoms with van der Waals surface area (Å²) >= 11 is 0. The van der Waals surface area contributed by atoms with Gasteiger partial charge in [0.2, 0.25) is 0 Å². The molecule has 0 aromatic heterocycles. The number of ether oxygens (including phenoxy) is 2. The third-order valence-corrected chi connectivity index (χ3v) is 3.87. The van der Waals surface area contributed by atoms with Crippen molar-refractivity contribution in [1.29, 1.82) is 0 Å². The van der Waals surface area contributed by atoms with Gasteiger partial charge in [0.05, 0.1) is 25.4 Å². The molecule has 1 aromatic rings. The molecule has 1 aliphatic heterocycles. The minimum Gasteiger partial charge on any atom is -0.494 e. The Morgan fingerprint density at radius 1 is 1.38 bits per heavy atom. The lowest BCUT2D eigenvalue weighted by atomic mass is 9.97. The highest BCUT2D eigenvalue weighted by molar-refractivity contribution is 5.37. The molecule has 0 amide bonds. The molecule has 1 saturated heterocycles. The first-order valence-electron chi connectivity index (χ1n) is 7.90. The number of para-hydroxylation sites is 1. The molecule has 1 aromatic carbocycles. The van der Waals surface area contributed by atoms with Crippen LogP contribution in [0, 0.1) is 0 Å². The van der Waals surface area contributed by atoms with E-state index < -0.39 is 0 Å². The van der Waals surface area contributed by atoms with Crippen LogP contribution in [0.1, 0.15) is 32.4 Å². The molecule has 118 valence electrons. The topological polar surface area (TPSA) is 33.7 Å². The summed E-state index contributed by atoms with van der Waals surface area (Å²) in [5, 5.41) is 3.49. The zero-order valence-electron chi connectivity index (χ0n) is 13.6. The second kappa shape index (κ2) is 7.78. The fourth-order valence-corrected chi connectivity index (χ4v) is 2.83. The highest BCUT2D eigenvalue weighted by atomic mass is 16.5. The summed E-state index contributed by atoms with van der Waals surface area (Å²) in [7, 11) is 2.16. The van der Waals surface area contributed by atoms with Crippen LogP contribution < -0.4 is 10.1 Å². The smallest absolute Gasteiger partial charge is 0.124 e. The van der Waals surface area contributed by atoms with Gasteiger partial charge in [-0.1, -0.05) is 32.0 Å². The van der Waals surface area contributed by atoms with Gasteiger partial charge in [-0.25, -0.2) is 0 Å². The van der Waals surface area contributed by atoms with Crippen LogP contribution in [0.5, 0.6) is 5.75 Å². The van der Waals surface area contributed by atoms with Gasteiger partial charge in [0, 0.05) is 24.7 Å². The van der Waals surface area contributed by atoms with Gasteiger partial charge < -0.3 is 14.8 Å². The van der Waals surface area contributed by atoms with E-state index in [-0.39, 0.29) is 12.1 Å². The third-order valence-electron chi connectivity index (χ3n) is 3.87. The summed E-state index contributed by atoms with van der Waals surface area (Å²) in [5.41, 5.74) is 1.22. The van der Waals surface area contributed by atoms with E-state index in [4.69, 9.17) is 9.47 Å². The maximum absolute atomic E-state index is 6.04. The highest BCUT2D eigenvalue weighted by Crippen LogP contribution is 2.34. The Labute approximate surface area is 128 Å². The molecule has 4 nitrogen and oxygen atoms in total. The molecule has 21 heavy (non-hydrogen) atoms. The lowest BCUT2D eigenvalue weighted by Gasteiger charge is -2.40. The number of benzene rings is 1. The van der Waals surface area contributed by atoms with Crippen LogP contribution in [0.25, 0.3) is 0 Å². The molecule has 1 aliphatic rings. The molecular weight excluding hydrogens is 264 g/mol. The van der Waals surface area contributed by atoms with Gasteiger partial charge in [-0.05, 0) is 20.0 Å². The van der Waals surface area contributed by atoms with E-state index in [1.165, 1.54) is 5.56 Å².